The summed E-state index contributed by atoms with van der Waals surface area (Å²) in [6.45, 7) is 7.99. The van der Waals surface area contributed by atoms with Crippen molar-refractivity contribution in [3.05, 3.63) is 6.92 Å². The smallest absolute Gasteiger partial charge is 0.0433 e. The Morgan fingerprint density at radius 1 is 1.58 bits per heavy atom. The summed E-state index contributed by atoms with van der Waals surface area (Å²) in [5.41, 5.74) is 0.722. The van der Waals surface area contributed by atoms with Crippen LogP contribution in [-0.2, 0) is 0 Å². The Morgan fingerprint density at radius 2 is 2.17 bits per heavy atom. The van der Waals surface area contributed by atoms with Gasteiger partial charge in [0.05, 0.1) is 0 Å². The van der Waals surface area contributed by atoms with Crippen molar-refractivity contribution >= 4 is 5.71 Å². The molecule has 0 aliphatic rings. The largest absolute Gasteiger partial charge is 0.396 e. The van der Waals surface area contributed by atoms with E-state index in [4.69, 9.17) is 10.5 Å². The Labute approximate surface area is 75.5 Å². The van der Waals surface area contributed by atoms with Crippen molar-refractivity contribution < 1.29 is 5.11 Å². The number of hydrogen-bond donors (Lipinski definition) is 2. The molecule has 0 spiro atoms. The van der Waals surface area contributed by atoms with Crippen molar-refractivity contribution in [2.75, 3.05) is 6.61 Å². The van der Waals surface area contributed by atoms with Gasteiger partial charge in [-0.25, -0.2) is 0 Å². The van der Waals surface area contributed by atoms with Crippen molar-refractivity contribution in [2.45, 2.75) is 33.1 Å². The molecule has 0 bridgehead atoms. The molecule has 0 aromatic rings. The van der Waals surface area contributed by atoms with Gasteiger partial charge in [-0.15, -0.1) is 0 Å². The van der Waals surface area contributed by atoms with Crippen LogP contribution in [-0.4, -0.2) is 17.4 Å². The molecule has 0 aromatic heterocycles. The first-order chi connectivity index (χ1) is 5.67. The fraction of sp³-hybridized carbons (Fsp3) is 0.800. The molecule has 12 heavy (non-hydrogen) atoms. The van der Waals surface area contributed by atoms with E-state index in [0.717, 1.165) is 25.0 Å². The lowest BCUT2D eigenvalue weighted by atomic mass is 9.83. The van der Waals surface area contributed by atoms with E-state index in [1.807, 2.05) is 6.92 Å². The zero-order valence-corrected chi connectivity index (χ0v) is 8.14. The topological polar surface area (TPSA) is 44.1 Å². The summed E-state index contributed by atoms with van der Waals surface area (Å²) in [7, 11) is 0. The molecule has 0 fully saturated rings. The molecule has 0 saturated carbocycles. The first-order valence-corrected chi connectivity index (χ1v) is 4.62. The molecule has 2 heteroatoms. The summed E-state index contributed by atoms with van der Waals surface area (Å²) in [4.78, 5) is 0. The van der Waals surface area contributed by atoms with Crippen LogP contribution in [0.25, 0.3) is 0 Å². The van der Waals surface area contributed by atoms with Crippen LogP contribution in [0.2, 0.25) is 0 Å². The number of aliphatic hydroxyl groups excluding tert-OH is 1. The molecule has 2 atom stereocenters. The summed E-state index contributed by atoms with van der Waals surface area (Å²) < 4.78 is 0. The van der Waals surface area contributed by atoms with E-state index in [2.05, 4.69) is 13.8 Å². The van der Waals surface area contributed by atoms with Gasteiger partial charge in [0.25, 0.3) is 0 Å². The van der Waals surface area contributed by atoms with Crippen LogP contribution in [0.1, 0.15) is 33.1 Å². The standard InChI is InChI=1S/C10H20NO/c1-4-9(6-7-12)10(5-2)8(3)11/h9-12H,1,4-7H2,2-3H3/t9?,10-/m1/s1. The predicted octanol–water partition coefficient (Wildman–Crippen LogP) is 2.28. The lowest BCUT2D eigenvalue weighted by Crippen LogP contribution is -2.21. The molecule has 0 aliphatic heterocycles. The van der Waals surface area contributed by atoms with Crippen LogP contribution < -0.4 is 0 Å². The molecule has 1 radical (unpaired) electrons. The lowest BCUT2D eigenvalue weighted by molar-refractivity contribution is 0.237. The second-order valence-electron chi connectivity index (χ2n) is 3.26. The second kappa shape index (κ2) is 6.18. The van der Waals surface area contributed by atoms with E-state index < -0.39 is 0 Å². The zero-order chi connectivity index (χ0) is 9.56. The second-order valence-corrected chi connectivity index (χ2v) is 3.26. The van der Waals surface area contributed by atoms with Gasteiger partial charge in [-0.3, -0.25) is 0 Å². The summed E-state index contributed by atoms with van der Waals surface area (Å²) >= 11 is 0. The third-order valence-corrected chi connectivity index (χ3v) is 2.44. The Morgan fingerprint density at radius 3 is 2.42 bits per heavy atom. The predicted molar refractivity (Wildman–Crippen MR) is 52.3 cm³/mol. The molecule has 2 nitrogen and oxygen atoms in total. The molecule has 0 heterocycles. The molecule has 0 aliphatic carbocycles. The van der Waals surface area contributed by atoms with Gasteiger partial charge in [-0.2, -0.15) is 0 Å². The number of hydrogen-bond acceptors (Lipinski definition) is 2. The first kappa shape index (κ1) is 11.6. The van der Waals surface area contributed by atoms with Crippen LogP contribution in [0.5, 0.6) is 0 Å². The molecule has 0 rings (SSSR count). The van der Waals surface area contributed by atoms with Crippen LogP contribution in [0.15, 0.2) is 0 Å². The van der Waals surface area contributed by atoms with E-state index in [-0.39, 0.29) is 6.61 Å². The highest BCUT2D eigenvalue weighted by Gasteiger charge is 2.19. The van der Waals surface area contributed by atoms with Gasteiger partial charge in [0.15, 0.2) is 0 Å². The monoisotopic (exact) mass is 170 g/mol. The summed E-state index contributed by atoms with van der Waals surface area (Å²) in [5, 5.41) is 16.4. The van der Waals surface area contributed by atoms with E-state index in [1.54, 1.807) is 0 Å². The van der Waals surface area contributed by atoms with Gasteiger partial charge in [-0.05, 0) is 38.0 Å². The average Bonchev–Trinajstić information content (AvgIpc) is 2.03. The molecule has 0 saturated heterocycles. The molecular weight excluding hydrogens is 150 g/mol. The molecule has 2 N–H and O–H groups in total. The summed E-state index contributed by atoms with van der Waals surface area (Å²) in [6.07, 6.45) is 2.57. The number of aliphatic hydroxyl groups is 1. The van der Waals surface area contributed by atoms with Gasteiger partial charge in [0, 0.05) is 12.3 Å². The van der Waals surface area contributed by atoms with E-state index in [9.17, 15) is 0 Å². The normalized spacial score (nSPS) is 15.7. The Hall–Kier alpha value is -0.370. The molecule has 0 amide bonds. The Balaban J connectivity index is 4.12. The minimum Gasteiger partial charge on any atom is -0.396 e. The van der Waals surface area contributed by atoms with Crippen LogP contribution in [0.4, 0.5) is 0 Å². The highest BCUT2D eigenvalue weighted by molar-refractivity contribution is 5.81. The van der Waals surface area contributed by atoms with Gasteiger partial charge in [-0.1, -0.05) is 13.8 Å². The highest BCUT2D eigenvalue weighted by atomic mass is 16.3. The lowest BCUT2D eigenvalue weighted by Gasteiger charge is -2.23. The highest BCUT2D eigenvalue weighted by Crippen LogP contribution is 2.23. The fourth-order valence-electron chi connectivity index (χ4n) is 1.71. The van der Waals surface area contributed by atoms with E-state index in [0.29, 0.717) is 11.8 Å². The first-order valence-electron chi connectivity index (χ1n) is 4.62. The van der Waals surface area contributed by atoms with Crippen molar-refractivity contribution in [3.8, 4) is 0 Å². The summed E-state index contributed by atoms with van der Waals surface area (Å²) in [6, 6.07) is 0. The van der Waals surface area contributed by atoms with E-state index in [1.165, 1.54) is 0 Å². The van der Waals surface area contributed by atoms with Crippen molar-refractivity contribution in [2.24, 2.45) is 11.8 Å². The third-order valence-electron chi connectivity index (χ3n) is 2.44. The molecule has 1 unspecified atom stereocenters. The molecule has 0 aromatic carbocycles. The SMILES string of the molecule is [CH2]CC(CCO)[C@H](CC)C(C)=N. The fourth-order valence-corrected chi connectivity index (χ4v) is 1.71. The minimum absolute atomic E-state index is 0.212. The van der Waals surface area contributed by atoms with Crippen molar-refractivity contribution in [1.29, 1.82) is 5.41 Å². The maximum atomic E-state index is 8.80. The van der Waals surface area contributed by atoms with Gasteiger partial charge in [0.2, 0.25) is 0 Å². The maximum absolute atomic E-state index is 8.80. The molecule has 71 valence electrons. The quantitative estimate of drug-likeness (QED) is 0.590. The number of rotatable bonds is 6. The Bertz CT molecular complexity index is 134. The van der Waals surface area contributed by atoms with Crippen LogP contribution in [0, 0.1) is 24.2 Å². The van der Waals surface area contributed by atoms with Gasteiger partial charge >= 0.3 is 0 Å². The van der Waals surface area contributed by atoms with Crippen LogP contribution in [0.3, 0.4) is 0 Å². The maximum Gasteiger partial charge on any atom is 0.0433 e. The van der Waals surface area contributed by atoms with Crippen molar-refractivity contribution in [3.63, 3.8) is 0 Å². The number of nitrogens with one attached hydrogen (secondary N) is 1. The Kier molecular flexibility index (Phi) is 5.99. The molecular formula is C10H20NO. The van der Waals surface area contributed by atoms with Crippen molar-refractivity contribution in [1.82, 2.24) is 0 Å². The minimum atomic E-state index is 0.212. The van der Waals surface area contributed by atoms with Gasteiger partial charge in [0.1, 0.15) is 0 Å². The van der Waals surface area contributed by atoms with Gasteiger partial charge < -0.3 is 10.5 Å². The summed E-state index contributed by atoms with van der Waals surface area (Å²) in [5.74, 6) is 0.701. The average molecular weight is 170 g/mol. The van der Waals surface area contributed by atoms with E-state index >= 15 is 0 Å². The van der Waals surface area contributed by atoms with Crippen LogP contribution >= 0.6 is 0 Å². The zero-order valence-electron chi connectivity index (χ0n) is 8.14. The third kappa shape index (κ3) is 3.35.